The first-order valence-corrected chi connectivity index (χ1v) is 10.1. The van der Waals surface area contributed by atoms with Gasteiger partial charge in [0.15, 0.2) is 0 Å². The summed E-state index contributed by atoms with van der Waals surface area (Å²) in [6.45, 7) is 0.980. The predicted molar refractivity (Wildman–Crippen MR) is 110 cm³/mol. The van der Waals surface area contributed by atoms with E-state index in [1.54, 1.807) is 13.2 Å². The summed E-state index contributed by atoms with van der Waals surface area (Å²) in [7, 11) is 0.0232. The number of primary amides is 1. The van der Waals surface area contributed by atoms with Gasteiger partial charge in [-0.25, -0.2) is 8.93 Å². The molecule has 7 nitrogen and oxygen atoms in total. The average Bonchev–Trinajstić information content (AvgIpc) is 3.04. The van der Waals surface area contributed by atoms with Gasteiger partial charge >= 0.3 is 0 Å². The Balaban J connectivity index is 1.67. The number of benzene rings is 2. The van der Waals surface area contributed by atoms with Crippen molar-refractivity contribution < 1.29 is 13.7 Å². The summed E-state index contributed by atoms with van der Waals surface area (Å²) in [5, 5.41) is 3.91. The third-order valence-corrected chi connectivity index (χ3v) is 5.68. The Labute approximate surface area is 167 Å². The largest absolute Gasteiger partial charge is 0.497 e. The molecule has 0 saturated carbocycles. The summed E-state index contributed by atoms with van der Waals surface area (Å²) in [5.74, 6) is 0.132. The maximum atomic E-state index is 12.8. The molecule has 9 heteroatoms. The lowest BCUT2D eigenvalue weighted by Crippen LogP contribution is -2.26. The van der Waals surface area contributed by atoms with E-state index in [0.29, 0.717) is 28.9 Å². The van der Waals surface area contributed by atoms with Crippen LogP contribution in [-0.2, 0) is 11.0 Å². The first-order valence-electron chi connectivity index (χ1n) is 8.14. The number of nitrogens with two attached hydrogens (primary N) is 1. The van der Waals surface area contributed by atoms with Crippen molar-refractivity contribution in [2.75, 3.05) is 25.5 Å². The molecule has 0 bridgehead atoms. The number of halogens is 1. The molecule has 142 valence electrons. The summed E-state index contributed by atoms with van der Waals surface area (Å²) in [4.78, 5) is 15.0. The van der Waals surface area contributed by atoms with Gasteiger partial charge in [0.1, 0.15) is 22.4 Å². The SMILES string of the molecule is COc1ccc(NCCNS(=O)c2c(C(N)=O)[nH]c3ccc(Br)cc23)cc1. The van der Waals surface area contributed by atoms with E-state index in [1.807, 2.05) is 36.4 Å². The highest BCUT2D eigenvalue weighted by Crippen LogP contribution is 2.27. The zero-order valence-electron chi connectivity index (χ0n) is 14.5. The van der Waals surface area contributed by atoms with Crippen LogP contribution in [0.15, 0.2) is 51.8 Å². The van der Waals surface area contributed by atoms with Crippen LogP contribution in [0, 0.1) is 0 Å². The van der Waals surface area contributed by atoms with E-state index >= 15 is 0 Å². The molecule has 0 spiro atoms. The number of methoxy groups -OCH3 is 1. The lowest BCUT2D eigenvalue weighted by Gasteiger charge is -2.09. The van der Waals surface area contributed by atoms with E-state index in [0.717, 1.165) is 15.9 Å². The van der Waals surface area contributed by atoms with E-state index in [4.69, 9.17) is 10.5 Å². The topological polar surface area (TPSA) is 109 Å². The van der Waals surface area contributed by atoms with E-state index < -0.39 is 16.9 Å². The molecule has 1 atom stereocenters. The number of aromatic nitrogens is 1. The second kappa shape index (κ2) is 8.55. The van der Waals surface area contributed by atoms with Gasteiger partial charge in [-0.05, 0) is 42.5 Å². The quantitative estimate of drug-likeness (QED) is 0.395. The Kier molecular flexibility index (Phi) is 6.15. The fourth-order valence-electron chi connectivity index (χ4n) is 2.64. The summed E-state index contributed by atoms with van der Waals surface area (Å²) in [6, 6.07) is 13.0. The van der Waals surface area contributed by atoms with Crippen molar-refractivity contribution in [3.8, 4) is 5.75 Å². The van der Waals surface area contributed by atoms with Crippen molar-refractivity contribution in [2.45, 2.75) is 4.90 Å². The number of fused-ring (bicyclic) bond motifs is 1. The predicted octanol–water partition coefficient (Wildman–Crippen LogP) is 2.76. The zero-order chi connectivity index (χ0) is 19.4. The molecule has 0 aliphatic heterocycles. The molecule has 2 aromatic carbocycles. The van der Waals surface area contributed by atoms with Crippen LogP contribution in [0.4, 0.5) is 5.69 Å². The molecule has 5 N–H and O–H groups in total. The second-order valence-corrected chi connectivity index (χ2v) is 7.85. The number of H-pyrrole nitrogens is 1. The Hall–Kier alpha value is -2.36. The second-order valence-electron chi connectivity index (χ2n) is 5.70. The molecule has 0 aliphatic carbocycles. The summed E-state index contributed by atoms with van der Waals surface area (Å²) in [5.41, 5.74) is 7.22. The Bertz CT molecular complexity index is 988. The number of hydrogen-bond donors (Lipinski definition) is 4. The van der Waals surface area contributed by atoms with Crippen LogP contribution >= 0.6 is 15.9 Å². The normalized spacial score (nSPS) is 12.1. The van der Waals surface area contributed by atoms with Crippen molar-refractivity contribution in [1.29, 1.82) is 0 Å². The number of ether oxygens (including phenoxy) is 1. The minimum absolute atomic E-state index is 0.150. The molecular formula is C18H19BrN4O3S. The van der Waals surface area contributed by atoms with Gasteiger partial charge in [0, 0.05) is 34.2 Å². The van der Waals surface area contributed by atoms with E-state index in [9.17, 15) is 9.00 Å². The third kappa shape index (κ3) is 4.49. The van der Waals surface area contributed by atoms with Crippen molar-refractivity contribution in [3.63, 3.8) is 0 Å². The molecule has 3 rings (SSSR count). The van der Waals surface area contributed by atoms with Crippen LogP contribution in [0.1, 0.15) is 10.5 Å². The highest BCUT2D eigenvalue weighted by Gasteiger charge is 2.20. The van der Waals surface area contributed by atoms with Crippen LogP contribution in [0.2, 0.25) is 0 Å². The van der Waals surface area contributed by atoms with Gasteiger partial charge in [0.2, 0.25) is 0 Å². The van der Waals surface area contributed by atoms with E-state index in [2.05, 4.69) is 31.0 Å². The van der Waals surface area contributed by atoms with Crippen LogP contribution in [0.5, 0.6) is 5.75 Å². The van der Waals surface area contributed by atoms with Crippen molar-refractivity contribution in [1.82, 2.24) is 9.71 Å². The number of hydrogen-bond acceptors (Lipinski definition) is 4. The van der Waals surface area contributed by atoms with Gasteiger partial charge in [-0.2, -0.15) is 0 Å². The average molecular weight is 451 g/mol. The van der Waals surface area contributed by atoms with Crippen LogP contribution in [0.25, 0.3) is 10.9 Å². The molecule has 27 heavy (non-hydrogen) atoms. The highest BCUT2D eigenvalue weighted by atomic mass is 79.9. The first-order chi connectivity index (χ1) is 13.0. The molecule has 1 aromatic heterocycles. The lowest BCUT2D eigenvalue weighted by molar-refractivity contribution is 0.0993. The third-order valence-electron chi connectivity index (χ3n) is 3.92. The Morgan fingerprint density at radius 1 is 1.22 bits per heavy atom. The van der Waals surface area contributed by atoms with E-state index in [1.165, 1.54) is 0 Å². The van der Waals surface area contributed by atoms with Gasteiger partial charge in [-0.1, -0.05) is 15.9 Å². The molecule has 0 saturated heterocycles. The fraction of sp³-hybridized carbons (Fsp3) is 0.167. The maximum Gasteiger partial charge on any atom is 0.266 e. The number of anilines is 1. The molecule has 3 aromatic rings. The zero-order valence-corrected chi connectivity index (χ0v) is 16.9. The Morgan fingerprint density at radius 2 is 1.96 bits per heavy atom. The minimum atomic E-state index is -1.59. The van der Waals surface area contributed by atoms with Crippen molar-refractivity contribution in [3.05, 3.63) is 52.6 Å². The van der Waals surface area contributed by atoms with E-state index in [-0.39, 0.29) is 5.69 Å². The maximum absolute atomic E-state index is 12.8. The molecule has 0 fully saturated rings. The number of carbonyl (C=O) groups is 1. The van der Waals surface area contributed by atoms with Crippen LogP contribution < -0.4 is 20.5 Å². The molecule has 0 aliphatic rings. The molecule has 1 heterocycles. The molecular weight excluding hydrogens is 432 g/mol. The number of amides is 1. The van der Waals surface area contributed by atoms with Gasteiger partial charge in [-0.3, -0.25) is 4.79 Å². The Morgan fingerprint density at radius 3 is 2.63 bits per heavy atom. The number of rotatable bonds is 8. The molecule has 1 amide bonds. The minimum Gasteiger partial charge on any atom is -0.497 e. The van der Waals surface area contributed by atoms with Crippen molar-refractivity contribution in [2.24, 2.45) is 5.73 Å². The number of carbonyl (C=O) groups excluding carboxylic acids is 1. The van der Waals surface area contributed by atoms with Gasteiger partial charge in [-0.15, -0.1) is 0 Å². The summed E-state index contributed by atoms with van der Waals surface area (Å²) in [6.07, 6.45) is 0. The standard InChI is InChI=1S/C18H19BrN4O3S/c1-26-13-5-3-12(4-6-13)21-8-9-22-27(25)17-14-10-11(19)2-7-15(14)23-16(17)18(20)24/h2-7,10,21-23H,8-9H2,1H3,(H2,20,24). The number of aromatic amines is 1. The fourth-order valence-corrected chi connectivity index (χ4v) is 4.14. The van der Waals surface area contributed by atoms with Crippen LogP contribution in [0.3, 0.4) is 0 Å². The molecule has 0 radical (unpaired) electrons. The van der Waals surface area contributed by atoms with Gasteiger partial charge in [0.25, 0.3) is 5.91 Å². The first kappa shape index (κ1) is 19.4. The highest BCUT2D eigenvalue weighted by molar-refractivity contribution is 9.10. The van der Waals surface area contributed by atoms with Crippen LogP contribution in [-0.4, -0.2) is 35.3 Å². The van der Waals surface area contributed by atoms with Gasteiger partial charge < -0.3 is 20.8 Å². The summed E-state index contributed by atoms with van der Waals surface area (Å²) < 4.78 is 21.6. The molecule has 1 unspecified atom stereocenters. The van der Waals surface area contributed by atoms with Gasteiger partial charge in [0.05, 0.1) is 12.0 Å². The lowest BCUT2D eigenvalue weighted by atomic mass is 10.2. The number of nitrogens with one attached hydrogen (secondary N) is 3. The summed E-state index contributed by atoms with van der Waals surface area (Å²) >= 11 is 3.39. The van der Waals surface area contributed by atoms with Crippen molar-refractivity contribution >= 4 is 49.4 Å². The smallest absolute Gasteiger partial charge is 0.266 e. The monoisotopic (exact) mass is 450 g/mol.